The summed E-state index contributed by atoms with van der Waals surface area (Å²) in [5.41, 5.74) is 1.73. The quantitative estimate of drug-likeness (QED) is 0.741. The molecule has 128 valence electrons. The van der Waals surface area contributed by atoms with E-state index in [-0.39, 0.29) is 11.8 Å². The van der Waals surface area contributed by atoms with Gasteiger partial charge in [0.2, 0.25) is 5.91 Å². The van der Waals surface area contributed by atoms with Crippen LogP contribution in [0, 0.1) is 0 Å². The van der Waals surface area contributed by atoms with Crippen LogP contribution in [0.4, 0.5) is 5.69 Å². The molecule has 0 fully saturated rings. The van der Waals surface area contributed by atoms with E-state index in [1.807, 2.05) is 67.6 Å². The number of nitrogens with one attached hydrogen (secondary N) is 1. The van der Waals surface area contributed by atoms with Crippen molar-refractivity contribution < 1.29 is 14.3 Å². The first-order chi connectivity index (χ1) is 12.1. The lowest BCUT2D eigenvalue weighted by atomic mass is 9.97. The predicted octanol–water partition coefficient (Wildman–Crippen LogP) is 4.60. The van der Waals surface area contributed by atoms with E-state index in [4.69, 9.17) is 9.47 Å². The molecular formula is C21H21NO3. The summed E-state index contributed by atoms with van der Waals surface area (Å²) >= 11 is 0. The van der Waals surface area contributed by atoms with Crippen molar-refractivity contribution in [2.75, 3.05) is 19.5 Å². The van der Waals surface area contributed by atoms with Crippen LogP contribution >= 0.6 is 0 Å². The van der Waals surface area contributed by atoms with E-state index in [0.29, 0.717) is 0 Å². The van der Waals surface area contributed by atoms with Gasteiger partial charge in [0.05, 0.1) is 20.1 Å². The average molecular weight is 335 g/mol. The van der Waals surface area contributed by atoms with E-state index < -0.39 is 0 Å². The molecule has 0 radical (unpaired) electrons. The smallest absolute Gasteiger partial charge is 0.231 e. The maximum absolute atomic E-state index is 12.5. The van der Waals surface area contributed by atoms with Crippen LogP contribution in [-0.2, 0) is 4.79 Å². The predicted molar refractivity (Wildman–Crippen MR) is 101 cm³/mol. The molecule has 0 aliphatic carbocycles. The van der Waals surface area contributed by atoms with Gasteiger partial charge in [0.25, 0.3) is 0 Å². The van der Waals surface area contributed by atoms with Crippen molar-refractivity contribution in [3.63, 3.8) is 0 Å². The molecule has 0 aliphatic rings. The number of rotatable bonds is 5. The molecule has 0 saturated carbocycles. The Morgan fingerprint density at radius 3 is 2.12 bits per heavy atom. The van der Waals surface area contributed by atoms with E-state index in [2.05, 4.69) is 5.32 Å². The molecule has 0 heterocycles. The molecule has 1 atom stereocenters. The van der Waals surface area contributed by atoms with Crippen LogP contribution in [0.25, 0.3) is 10.8 Å². The van der Waals surface area contributed by atoms with Gasteiger partial charge in [-0.15, -0.1) is 0 Å². The molecule has 1 N–H and O–H groups in total. The van der Waals surface area contributed by atoms with Gasteiger partial charge in [0.15, 0.2) is 0 Å². The lowest BCUT2D eigenvalue weighted by Crippen LogP contribution is -2.18. The summed E-state index contributed by atoms with van der Waals surface area (Å²) in [7, 11) is 3.27. The minimum absolute atomic E-state index is 0.0435. The van der Waals surface area contributed by atoms with E-state index in [9.17, 15) is 4.79 Å². The third kappa shape index (κ3) is 3.74. The number of ether oxygens (including phenoxy) is 2. The summed E-state index contributed by atoms with van der Waals surface area (Å²) in [5, 5.41) is 5.12. The number of benzene rings is 3. The van der Waals surface area contributed by atoms with Crippen LogP contribution in [-0.4, -0.2) is 20.1 Å². The summed E-state index contributed by atoms with van der Waals surface area (Å²) in [4.78, 5) is 12.5. The third-order valence-corrected chi connectivity index (χ3v) is 4.32. The number of carbonyl (C=O) groups excluding carboxylic acids is 1. The molecule has 3 aromatic carbocycles. The number of hydrogen-bond donors (Lipinski definition) is 1. The number of amides is 1. The van der Waals surface area contributed by atoms with Crippen LogP contribution in [0.5, 0.6) is 11.5 Å². The summed E-state index contributed by atoms with van der Waals surface area (Å²) in [6.45, 7) is 1.91. The highest BCUT2D eigenvalue weighted by Crippen LogP contribution is 2.26. The molecule has 0 spiro atoms. The van der Waals surface area contributed by atoms with Crippen molar-refractivity contribution in [2.45, 2.75) is 12.8 Å². The highest BCUT2D eigenvalue weighted by atomic mass is 16.5. The number of fused-ring (bicyclic) bond motifs is 1. The second-order valence-electron chi connectivity index (χ2n) is 5.91. The minimum Gasteiger partial charge on any atom is -0.497 e. The Morgan fingerprint density at radius 2 is 1.44 bits per heavy atom. The van der Waals surface area contributed by atoms with Crippen molar-refractivity contribution in [3.05, 3.63) is 66.2 Å². The molecule has 0 saturated heterocycles. The van der Waals surface area contributed by atoms with Gasteiger partial charge < -0.3 is 14.8 Å². The molecule has 4 heteroatoms. The average Bonchev–Trinajstić information content (AvgIpc) is 2.67. The van der Waals surface area contributed by atoms with Crippen molar-refractivity contribution in [1.82, 2.24) is 0 Å². The number of hydrogen-bond acceptors (Lipinski definition) is 3. The van der Waals surface area contributed by atoms with Crippen LogP contribution in [0.1, 0.15) is 18.4 Å². The molecule has 4 nitrogen and oxygen atoms in total. The molecular weight excluding hydrogens is 314 g/mol. The Hall–Kier alpha value is -3.01. The highest BCUT2D eigenvalue weighted by molar-refractivity contribution is 5.96. The molecule has 3 aromatic rings. The van der Waals surface area contributed by atoms with Gasteiger partial charge in [-0.05, 0) is 59.7 Å². The zero-order chi connectivity index (χ0) is 17.8. The van der Waals surface area contributed by atoms with Gasteiger partial charge >= 0.3 is 0 Å². The summed E-state index contributed by atoms with van der Waals surface area (Å²) in [6, 6.07) is 19.3. The number of methoxy groups -OCH3 is 2. The van der Waals surface area contributed by atoms with Gasteiger partial charge in [0, 0.05) is 5.69 Å². The highest BCUT2D eigenvalue weighted by Gasteiger charge is 2.16. The first-order valence-electron chi connectivity index (χ1n) is 8.13. The minimum atomic E-state index is -0.256. The Balaban J connectivity index is 1.77. The van der Waals surface area contributed by atoms with Gasteiger partial charge in [-0.3, -0.25) is 4.79 Å². The molecule has 3 rings (SSSR count). The maximum Gasteiger partial charge on any atom is 0.231 e. The van der Waals surface area contributed by atoms with E-state index in [1.165, 1.54) is 0 Å². The van der Waals surface area contributed by atoms with Crippen molar-refractivity contribution in [2.24, 2.45) is 0 Å². The first-order valence-corrected chi connectivity index (χ1v) is 8.13. The van der Waals surface area contributed by atoms with Gasteiger partial charge in [0.1, 0.15) is 11.5 Å². The fraction of sp³-hybridized carbons (Fsp3) is 0.190. The topological polar surface area (TPSA) is 47.6 Å². The molecule has 0 aromatic heterocycles. The Bertz CT molecular complexity index is 887. The summed E-state index contributed by atoms with van der Waals surface area (Å²) < 4.78 is 10.4. The van der Waals surface area contributed by atoms with Crippen LogP contribution in [0.3, 0.4) is 0 Å². The van der Waals surface area contributed by atoms with Crippen molar-refractivity contribution >= 4 is 22.4 Å². The molecule has 0 bridgehead atoms. The van der Waals surface area contributed by atoms with Gasteiger partial charge in [-0.1, -0.05) is 24.3 Å². The SMILES string of the molecule is COc1ccc(NC(=O)C(C)c2ccc3cc(OC)ccc3c2)cc1. The van der Waals surface area contributed by atoms with E-state index >= 15 is 0 Å². The van der Waals surface area contributed by atoms with E-state index in [0.717, 1.165) is 33.5 Å². The van der Waals surface area contributed by atoms with Crippen LogP contribution in [0.2, 0.25) is 0 Å². The van der Waals surface area contributed by atoms with Crippen molar-refractivity contribution in [3.8, 4) is 11.5 Å². The fourth-order valence-electron chi connectivity index (χ4n) is 2.71. The normalized spacial score (nSPS) is 11.8. The second-order valence-corrected chi connectivity index (χ2v) is 5.91. The molecule has 25 heavy (non-hydrogen) atoms. The Kier molecular flexibility index (Phi) is 4.89. The lowest BCUT2D eigenvalue weighted by molar-refractivity contribution is -0.117. The Morgan fingerprint density at radius 1 is 0.840 bits per heavy atom. The maximum atomic E-state index is 12.5. The van der Waals surface area contributed by atoms with E-state index in [1.54, 1.807) is 14.2 Å². The zero-order valence-corrected chi connectivity index (χ0v) is 14.6. The third-order valence-electron chi connectivity index (χ3n) is 4.32. The van der Waals surface area contributed by atoms with Gasteiger partial charge in [-0.2, -0.15) is 0 Å². The van der Waals surface area contributed by atoms with Crippen LogP contribution in [0.15, 0.2) is 60.7 Å². The van der Waals surface area contributed by atoms with Crippen molar-refractivity contribution in [1.29, 1.82) is 0 Å². The first kappa shape index (κ1) is 16.8. The monoisotopic (exact) mass is 335 g/mol. The van der Waals surface area contributed by atoms with Crippen LogP contribution < -0.4 is 14.8 Å². The zero-order valence-electron chi connectivity index (χ0n) is 14.6. The largest absolute Gasteiger partial charge is 0.497 e. The summed E-state index contributed by atoms with van der Waals surface area (Å²) in [6.07, 6.45) is 0. The fourth-order valence-corrected chi connectivity index (χ4v) is 2.71. The second kappa shape index (κ2) is 7.26. The standard InChI is InChI=1S/C21H21NO3/c1-14(21(23)22-18-7-10-19(24-2)11-8-18)15-4-5-17-13-20(25-3)9-6-16(17)12-15/h4-14H,1-3H3,(H,22,23). The number of anilines is 1. The lowest BCUT2D eigenvalue weighted by Gasteiger charge is -2.14. The number of carbonyl (C=O) groups is 1. The van der Waals surface area contributed by atoms with Gasteiger partial charge in [-0.25, -0.2) is 0 Å². The molecule has 0 aliphatic heterocycles. The molecule has 1 unspecified atom stereocenters. The summed E-state index contributed by atoms with van der Waals surface area (Å²) in [5.74, 6) is 1.29. The Labute approximate surface area is 147 Å². The molecule has 1 amide bonds.